The summed E-state index contributed by atoms with van der Waals surface area (Å²) in [7, 11) is 0. The fraction of sp³-hybridized carbons (Fsp3) is 0.833. The van der Waals surface area contributed by atoms with E-state index < -0.39 is 0 Å². The molecule has 0 aromatic carbocycles. The Morgan fingerprint density at radius 2 is 2.39 bits per heavy atom. The number of aromatic nitrogens is 3. The summed E-state index contributed by atoms with van der Waals surface area (Å²) in [6.07, 6.45) is 8.89. The molecular formula is C12H22N4OS. The number of thioether (sulfide) groups is 1. The van der Waals surface area contributed by atoms with Gasteiger partial charge in [0.05, 0.1) is 5.69 Å². The number of nitrogens with zero attached hydrogens (tertiary/aromatic N) is 3. The molecule has 1 heterocycles. The second-order valence-corrected chi connectivity index (χ2v) is 6.17. The molecule has 0 bridgehead atoms. The van der Waals surface area contributed by atoms with Gasteiger partial charge in [-0.3, -0.25) is 4.68 Å². The summed E-state index contributed by atoms with van der Waals surface area (Å²) in [6.45, 7) is 2.76. The molecule has 2 N–H and O–H groups in total. The molecule has 6 heteroatoms. The molecule has 5 nitrogen and oxygen atoms in total. The van der Waals surface area contributed by atoms with Crippen molar-refractivity contribution in [3.05, 3.63) is 11.9 Å². The molecule has 0 radical (unpaired) electrons. The maximum atomic E-state index is 8.75. The molecule has 0 aliphatic heterocycles. The Morgan fingerprint density at radius 3 is 3.00 bits per heavy atom. The van der Waals surface area contributed by atoms with Crippen LogP contribution < -0.4 is 5.32 Å². The van der Waals surface area contributed by atoms with E-state index in [1.807, 2.05) is 18.0 Å². The largest absolute Gasteiger partial charge is 0.396 e. The van der Waals surface area contributed by atoms with Crippen LogP contribution in [0.4, 0.5) is 0 Å². The fourth-order valence-electron chi connectivity index (χ4n) is 2.20. The number of aliphatic hydroxyl groups is 1. The molecule has 18 heavy (non-hydrogen) atoms. The molecule has 102 valence electrons. The highest BCUT2D eigenvalue weighted by Crippen LogP contribution is 2.42. The molecule has 1 aromatic heterocycles. The van der Waals surface area contributed by atoms with Gasteiger partial charge in [0.2, 0.25) is 0 Å². The van der Waals surface area contributed by atoms with Crippen molar-refractivity contribution in [3.63, 3.8) is 0 Å². The Labute approximate surface area is 112 Å². The topological polar surface area (TPSA) is 63.0 Å². The van der Waals surface area contributed by atoms with Gasteiger partial charge in [-0.1, -0.05) is 11.6 Å². The third-order valence-corrected chi connectivity index (χ3v) is 5.00. The van der Waals surface area contributed by atoms with Crippen molar-refractivity contribution in [3.8, 4) is 0 Å². The summed E-state index contributed by atoms with van der Waals surface area (Å²) >= 11 is 1.98. The van der Waals surface area contributed by atoms with Crippen molar-refractivity contribution in [1.29, 1.82) is 0 Å². The van der Waals surface area contributed by atoms with Crippen molar-refractivity contribution in [2.24, 2.45) is 0 Å². The zero-order chi connectivity index (χ0) is 12.8. The molecule has 1 saturated carbocycles. The van der Waals surface area contributed by atoms with Gasteiger partial charge in [0.25, 0.3) is 0 Å². The van der Waals surface area contributed by atoms with Gasteiger partial charge in [-0.15, -0.1) is 5.10 Å². The van der Waals surface area contributed by atoms with Crippen LogP contribution in [-0.4, -0.2) is 44.3 Å². The van der Waals surface area contributed by atoms with Crippen LogP contribution in [0.2, 0.25) is 0 Å². The Morgan fingerprint density at radius 1 is 1.56 bits per heavy atom. The summed E-state index contributed by atoms with van der Waals surface area (Å²) in [5.74, 6) is 0. The van der Waals surface area contributed by atoms with Crippen molar-refractivity contribution >= 4 is 11.8 Å². The Balaban J connectivity index is 1.71. The van der Waals surface area contributed by atoms with E-state index in [2.05, 4.69) is 21.9 Å². The highest BCUT2D eigenvalue weighted by atomic mass is 32.2. The van der Waals surface area contributed by atoms with E-state index in [1.165, 1.54) is 19.3 Å². The minimum absolute atomic E-state index is 0.198. The smallest absolute Gasteiger partial charge is 0.0964 e. The van der Waals surface area contributed by atoms with Crippen LogP contribution >= 0.6 is 11.8 Å². The predicted molar refractivity (Wildman–Crippen MR) is 73.5 cm³/mol. The van der Waals surface area contributed by atoms with Gasteiger partial charge in [0.1, 0.15) is 0 Å². The van der Waals surface area contributed by atoms with E-state index in [9.17, 15) is 0 Å². The average Bonchev–Trinajstić information content (AvgIpc) is 2.78. The van der Waals surface area contributed by atoms with Crippen LogP contribution in [0.15, 0.2) is 6.20 Å². The third kappa shape index (κ3) is 3.46. The van der Waals surface area contributed by atoms with E-state index in [0.717, 1.165) is 31.7 Å². The summed E-state index contributed by atoms with van der Waals surface area (Å²) < 4.78 is 2.26. The van der Waals surface area contributed by atoms with E-state index >= 15 is 0 Å². The van der Waals surface area contributed by atoms with Crippen molar-refractivity contribution in [2.45, 2.75) is 43.5 Å². The maximum absolute atomic E-state index is 8.75. The van der Waals surface area contributed by atoms with Gasteiger partial charge in [0, 0.05) is 37.2 Å². The van der Waals surface area contributed by atoms with Crippen LogP contribution in [0.1, 0.15) is 31.4 Å². The lowest BCUT2D eigenvalue weighted by Crippen LogP contribution is -2.43. The van der Waals surface area contributed by atoms with E-state index in [1.54, 1.807) is 4.68 Å². The lowest BCUT2D eigenvalue weighted by molar-refractivity contribution is 0.276. The lowest BCUT2D eigenvalue weighted by Gasteiger charge is -2.40. The first-order valence-corrected chi connectivity index (χ1v) is 7.76. The van der Waals surface area contributed by atoms with Gasteiger partial charge >= 0.3 is 0 Å². The number of rotatable bonds is 8. The van der Waals surface area contributed by atoms with E-state index in [-0.39, 0.29) is 6.61 Å². The highest BCUT2D eigenvalue weighted by molar-refractivity contribution is 8.00. The van der Waals surface area contributed by atoms with Crippen molar-refractivity contribution < 1.29 is 5.11 Å². The van der Waals surface area contributed by atoms with Crippen molar-refractivity contribution in [1.82, 2.24) is 20.3 Å². The average molecular weight is 270 g/mol. The Hall–Kier alpha value is -0.590. The number of nitrogens with one attached hydrogen (secondary N) is 1. The predicted octanol–water partition coefficient (Wildman–Crippen LogP) is 1.04. The molecular weight excluding hydrogens is 248 g/mol. The molecule has 2 rings (SSSR count). The minimum atomic E-state index is 0.198. The zero-order valence-electron chi connectivity index (χ0n) is 10.9. The van der Waals surface area contributed by atoms with Gasteiger partial charge < -0.3 is 10.4 Å². The normalized spacial score (nSPS) is 17.7. The number of aliphatic hydroxyl groups excluding tert-OH is 1. The first kappa shape index (κ1) is 13.8. The molecule has 0 amide bonds. The summed E-state index contributed by atoms with van der Waals surface area (Å²) in [5, 5.41) is 20.4. The van der Waals surface area contributed by atoms with Crippen LogP contribution in [0.3, 0.4) is 0 Å². The molecule has 1 aliphatic carbocycles. The first-order valence-electron chi connectivity index (χ1n) is 6.54. The molecule has 0 atom stereocenters. The quantitative estimate of drug-likeness (QED) is 0.739. The van der Waals surface area contributed by atoms with Crippen LogP contribution in [0.5, 0.6) is 0 Å². The van der Waals surface area contributed by atoms with Gasteiger partial charge in [-0.2, -0.15) is 11.8 Å². The van der Waals surface area contributed by atoms with E-state index in [4.69, 9.17) is 5.11 Å². The Kier molecular flexibility index (Phi) is 5.03. The molecule has 0 unspecified atom stereocenters. The fourth-order valence-corrected chi connectivity index (χ4v) is 3.15. The maximum Gasteiger partial charge on any atom is 0.0964 e. The molecule has 1 aliphatic rings. The standard InChI is InChI=1S/C12H22N4OS/c1-18-12(4-2-5-12)10-13-8-11-9-16(15-14-11)6-3-7-17/h9,13,17H,2-8,10H2,1H3. The van der Waals surface area contributed by atoms with Crippen LogP contribution in [-0.2, 0) is 13.1 Å². The second kappa shape index (κ2) is 6.54. The van der Waals surface area contributed by atoms with Gasteiger partial charge in [0.15, 0.2) is 0 Å². The van der Waals surface area contributed by atoms with Crippen LogP contribution in [0, 0.1) is 0 Å². The molecule has 1 fully saturated rings. The second-order valence-electron chi connectivity index (χ2n) is 4.89. The first-order chi connectivity index (χ1) is 8.78. The van der Waals surface area contributed by atoms with Crippen LogP contribution in [0.25, 0.3) is 0 Å². The summed E-state index contributed by atoms with van der Waals surface area (Å²) in [4.78, 5) is 0. The number of hydrogen-bond acceptors (Lipinski definition) is 5. The summed E-state index contributed by atoms with van der Waals surface area (Å²) in [5.41, 5.74) is 0.975. The zero-order valence-corrected chi connectivity index (χ0v) is 11.7. The van der Waals surface area contributed by atoms with Gasteiger partial charge in [-0.05, 0) is 25.5 Å². The highest BCUT2D eigenvalue weighted by Gasteiger charge is 2.35. The third-order valence-electron chi connectivity index (χ3n) is 3.58. The minimum Gasteiger partial charge on any atom is -0.396 e. The molecule has 1 aromatic rings. The van der Waals surface area contributed by atoms with Crippen molar-refractivity contribution in [2.75, 3.05) is 19.4 Å². The lowest BCUT2D eigenvalue weighted by atomic mass is 9.84. The van der Waals surface area contributed by atoms with Gasteiger partial charge in [-0.25, -0.2) is 0 Å². The SMILES string of the molecule is CSC1(CNCc2cn(CCCO)nn2)CCC1. The summed E-state index contributed by atoms with van der Waals surface area (Å²) in [6, 6.07) is 0. The molecule has 0 spiro atoms. The molecule has 0 saturated heterocycles. The number of hydrogen-bond donors (Lipinski definition) is 2. The van der Waals surface area contributed by atoms with E-state index in [0.29, 0.717) is 4.75 Å². The number of aryl methyl sites for hydroxylation is 1. The monoisotopic (exact) mass is 270 g/mol. The Bertz CT molecular complexity index is 359.